The second-order valence-electron chi connectivity index (χ2n) is 15.8. The van der Waals surface area contributed by atoms with Crippen molar-refractivity contribution >= 4 is 43.6 Å². The van der Waals surface area contributed by atoms with Crippen LogP contribution in [-0.2, 0) is 0 Å². The summed E-state index contributed by atoms with van der Waals surface area (Å²) in [6, 6.07) is 80.3. The van der Waals surface area contributed by atoms with Crippen molar-refractivity contribution in [1.82, 2.24) is 19.1 Å². The van der Waals surface area contributed by atoms with Gasteiger partial charge in [-0.1, -0.05) is 164 Å². The summed E-state index contributed by atoms with van der Waals surface area (Å²) in [7, 11) is 0. The molecule has 290 valence electrons. The van der Waals surface area contributed by atoms with Gasteiger partial charge in [0.15, 0.2) is 0 Å². The van der Waals surface area contributed by atoms with Crippen LogP contribution in [0.15, 0.2) is 231 Å². The molecular weight excluding hydrogens is 753 g/mol. The van der Waals surface area contributed by atoms with Crippen LogP contribution in [0.1, 0.15) is 0 Å². The van der Waals surface area contributed by atoms with Gasteiger partial charge in [-0.25, -0.2) is 9.97 Å². The molecule has 12 rings (SSSR count). The fourth-order valence-corrected chi connectivity index (χ4v) is 9.19. The van der Waals surface area contributed by atoms with Crippen molar-refractivity contribution in [3.8, 4) is 67.4 Å². The largest absolute Gasteiger partial charge is 0.309 e. The number of nitrogens with zero attached hydrogens (tertiary/aromatic N) is 4. The fraction of sp³-hybridized carbons (Fsp3) is 0. The molecule has 0 amide bonds. The smallest absolute Gasteiger partial charge is 0.235 e. The topological polar surface area (TPSA) is 35.6 Å². The molecule has 0 unspecified atom stereocenters. The summed E-state index contributed by atoms with van der Waals surface area (Å²) in [6.45, 7) is 0. The van der Waals surface area contributed by atoms with Gasteiger partial charge in [-0.2, -0.15) is 0 Å². The van der Waals surface area contributed by atoms with Gasteiger partial charge in [-0.3, -0.25) is 4.57 Å². The van der Waals surface area contributed by atoms with Crippen LogP contribution in [0.3, 0.4) is 0 Å². The fourth-order valence-electron chi connectivity index (χ4n) is 9.19. The van der Waals surface area contributed by atoms with Gasteiger partial charge in [0.05, 0.1) is 27.8 Å². The molecule has 4 nitrogen and oxygen atoms in total. The second kappa shape index (κ2) is 14.7. The van der Waals surface area contributed by atoms with Crippen molar-refractivity contribution in [3.05, 3.63) is 231 Å². The van der Waals surface area contributed by atoms with Gasteiger partial charge in [0.1, 0.15) is 0 Å². The van der Waals surface area contributed by atoms with Crippen LogP contribution in [0.5, 0.6) is 0 Å². The molecule has 0 fully saturated rings. The molecule has 0 radical (unpaired) electrons. The van der Waals surface area contributed by atoms with Gasteiger partial charge < -0.3 is 4.57 Å². The number of hydrogen-bond donors (Lipinski definition) is 0. The zero-order valence-electron chi connectivity index (χ0n) is 33.7. The van der Waals surface area contributed by atoms with Gasteiger partial charge in [-0.15, -0.1) is 0 Å². The highest BCUT2D eigenvalue weighted by Gasteiger charge is 2.17. The van der Waals surface area contributed by atoms with Crippen LogP contribution in [0, 0.1) is 0 Å². The minimum atomic E-state index is 0.646. The molecule has 3 aromatic heterocycles. The number of fused-ring (bicyclic) bond motifs is 6. The van der Waals surface area contributed by atoms with Crippen LogP contribution in [0.2, 0.25) is 0 Å². The summed E-state index contributed by atoms with van der Waals surface area (Å²) in [5.41, 5.74) is 17.1. The molecule has 0 atom stereocenters. The van der Waals surface area contributed by atoms with Crippen LogP contribution in [-0.4, -0.2) is 19.1 Å². The molecule has 4 heteroatoms. The van der Waals surface area contributed by atoms with E-state index >= 15 is 0 Å². The Bertz CT molecular complexity index is 3600. The quantitative estimate of drug-likeness (QED) is 0.161. The van der Waals surface area contributed by atoms with Gasteiger partial charge in [-0.05, 0) is 105 Å². The van der Waals surface area contributed by atoms with E-state index in [2.05, 4.69) is 228 Å². The van der Waals surface area contributed by atoms with E-state index in [0.29, 0.717) is 5.95 Å². The van der Waals surface area contributed by atoms with E-state index in [-0.39, 0.29) is 0 Å². The molecular formula is C58H38N4. The van der Waals surface area contributed by atoms with E-state index in [9.17, 15) is 0 Å². The third kappa shape index (κ3) is 6.08. The molecule has 0 aliphatic heterocycles. The second-order valence-corrected chi connectivity index (χ2v) is 15.8. The van der Waals surface area contributed by atoms with Gasteiger partial charge >= 0.3 is 0 Å². The number of rotatable bonds is 7. The molecule has 0 bridgehead atoms. The van der Waals surface area contributed by atoms with E-state index in [1.165, 1.54) is 66.3 Å². The highest BCUT2D eigenvalue weighted by Crippen LogP contribution is 2.38. The minimum Gasteiger partial charge on any atom is -0.309 e. The maximum absolute atomic E-state index is 5.20. The lowest BCUT2D eigenvalue weighted by Crippen LogP contribution is -2.01. The minimum absolute atomic E-state index is 0.646. The molecule has 12 aromatic rings. The molecule has 0 saturated heterocycles. The summed E-state index contributed by atoms with van der Waals surface area (Å²) in [5, 5.41) is 4.84. The Morgan fingerprint density at radius 3 is 1.31 bits per heavy atom. The first kappa shape index (κ1) is 35.6. The molecule has 0 aliphatic rings. The predicted molar refractivity (Wildman–Crippen MR) is 258 cm³/mol. The Morgan fingerprint density at radius 2 is 0.694 bits per heavy atom. The summed E-state index contributed by atoms with van der Waals surface area (Å²) in [6.07, 6.45) is 1.87. The van der Waals surface area contributed by atoms with Crippen LogP contribution in [0.4, 0.5) is 0 Å². The molecule has 0 saturated carbocycles. The Balaban J connectivity index is 0.869. The highest BCUT2D eigenvalue weighted by atomic mass is 15.2. The van der Waals surface area contributed by atoms with Crippen molar-refractivity contribution in [3.63, 3.8) is 0 Å². The Kier molecular flexibility index (Phi) is 8.46. The standard InChI is InChI=1S/C58H38N4/c1-3-12-39(13-4-1)40-22-24-41(25-23-40)44-14-11-15-47(36-44)53-34-35-59-58(60-53)62-55-21-10-8-19-50(55)52-38-46(31-33-57(52)62)43-28-26-42(27-29-43)45-30-32-56-51(37-45)49-18-7-9-20-54(49)61(56)48-16-5-2-6-17-48/h1-38H. The zero-order chi connectivity index (χ0) is 41.0. The van der Waals surface area contributed by atoms with E-state index < -0.39 is 0 Å². The van der Waals surface area contributed by atoms with Crippen molar-refractivity contribution in [2.45, 2.75) is 0 Å². The Hall–Kier alpha value is -8.34. The Labute approximate surface area is 359 Å². The normalized spacial score (nSPS) is 11.5. The summed E-state index contributed by atoms with van der Waals surface area (Å²) < 4.78 is 4.55. The van der Waals surface area contributed by atoms with Crippen molar-refractivity contribution in [2.75, 3.05) is 0 Å². The molecule has 3 heterocycles. The van der Waals surface area contributed by atoms with Crippen molar-refractivity contribution < 1.29 is 0 Å². The lowest BCUT2D eigenvalue weighted by molar-refractivity contribution is 0.992. The van der Waals surface area contributed by atoms with Gasteiger partial charge in [0, 0.05) is 39.0 Å². The molecule has 0 spiro atoms. The van der Waals surface area contributed by atoms with E-state index in [4.69, 9.17) is 9.97 Å². The molecule has 9 aromatic carbocycles. The van der Waals surface area contributed by atoms with Gasteiger partial charge in [0.2, 0.25) is 5.95 Å². The van der Waals surface area contributed by atoms with Crippen molar-refractivity contribution in [1.29, 1.82) is 0 Å². The Morgan fingerprint density at radius 1 is 0.274 bits per heavy atom. The van der Waals surface area contributed by atoms with E-state index in [1.54, 1.807) is 0 Å². The van der Waals surface area contributed by atoms with Crippen molar-refractivity contribution in [2.24, 2.45) is 0 Å². The molecule has 0 N–H and O–H groups in total. The summed E-state index contributed by atoms with van der Waals surface area (Å²) in [5.74, 6) is 0.646. The lowest BCUT2D eigenvalue weighted by atomic mass is 9.98. The lowest BCUT2D eigenvalue weighted by Gasteiger charge is -2.10. The molecule has 62 heavy (non-hydrogen) atoms. The average Bonchev–Trinajstić information content (AvgIpc) is 3.87. The third-order valence-corrected chi connectivity index (χ3v) is 12.2. The molecule has 0 aliphatic carbocycles. The van der Waals surface area contributed by atoms with E-state index in [1.807, 2.05) is 12.3 Å². The first-order chi connectivity index (χ1) is 30.7. The summed E-state index contributed by atoms with van der Waals surface area (Å²) >= 11 is 0. The zero-order valence-corrected chi connectivity index (χ0v) is 33.7. The number of para-hydroxylation sites is 3. The first-order valence-electron chi connectivity index (χ1n) is 21.1. The third-order valence-electron chi connectivity index (χ3n) is 12.2. The van der Waals surface area contributed by atoms with Crippen LogP contribution >= 0.6 is 0 Å². The maximum Gasteiger partial charge on any atom is 0.235 e. The highest BCUT2D eigenvalue weighted by molar-refractivity contribution is 6.11. The van der Waals surface area contributed by atoms with E-state index in [0.717, 1.165) is 38.8 Å². The number of hydrogen-bond acceptors (Lipinski definition) is 2. The monoisotopic (exact) mass is 790 g/mol. The summed E-state index contributed by atoms with van der Waals surface area (Å²) in [4.78, 5) is 10.0. The first-order valence-corrected chi connectivity index (χ1v) is 21.1. The predicted octanol–water partition coefficient (Wildman–Crippen LogP) is 15.0. The van der Waals surface area contributed by atoms with Crippen LogP contribution < -0.4 is 0 Å². The maximum atomic E-state index is 5.20. The average molecular weight is 791 g/mol. The number of benzene rings is 9. The number of aromatic nitrogens is 4. The van der Waals surface area contributed by atoms with Gasteiger partial charge in [0.25, 0.3) is 0 Å². The SMILES string of the molecule is c1ccc(-c2ccc(-c3cccc(-c4ccnc(-n5c6ccccc6c6cc(-c7ccc(-c8ccc9c(c8)c8ccccc8n9-c8ccccc8)cc7)ccc65)n4)c3)cc2)cc1. The van der Waals surface area contributed by atoms with Crippen LogP contribution in [0.25, 0.3) is 111 Å².